The van der Waals surface area contributed by atoms with Crippen LogP contribution in [0.4, 0.5) is 0 Å². The molecular formula is C18H23NO4. The van der Waals surface area contributed by atoms with Crippen molar-refractivity contribution in [3.63, 3.8) is 0 Å². The zero-order valence-electron chi connectivity index (χ0n) is 13.8. The molecule has 0 aromatic heterocycles. The molecule has 1 aliphatic carbocycles. The highest BCUT2D eigenvalue weighted by Crippen LogP contribution is 2.55. The number of fused-ring (bicyclic) bond motifs is 1. The average molecular weight is 317 g/mol. The quantitative estimate of drug-likeness (QED) is 0.864. The normalized spacial score (nSPS) is 37.2. The van der Waals surface area contributed by atoms with Gasteiger partial charge in [-0.2, -0.15) is 0 Å². The Morgan fingerprint density at radius 2 is 1.91 bits per heavy atom. The van der Waals surface area contributed by atoms with Gasteiger partial charge in [-0.05, 0) is 30.5 Å². The lowest BCUT2D eigenvalue weighted by molar-refractivity contribution is -0.0400. The van der Waals surface area contributed by atoms with E-state index in [2.05, 4.69) is 17.1 Å². The first-order chi connectivity index (χ1) is 11.1. The molecule has 124 valence electrons. The molecule has 0 radical (unpaired) electrons. The van der Waals surface area contributed by atoms with Crippen LogP contribution < -0.4 is 9.47 Å². The molecule has 0 saturated carbocycles. The van der Waals surface area contributed by atoms with Gasteiger partial charge in [0.05, 0.1) is 20.3 Å². The number of aliphatic hydroxyl groups is 1. The Morgan fingerprint density at radius 1 is 1.17 bits per heavy atom. The number of rotatable bonds is 3. The maximum atomic E-state index is 10.9. The van der Waals surface area contributed by atoms with Crippen molar-refractivity contribution in [3.8, 4) is 11.5 Å². The topological polar surface area (TPSA) is 51.2 Å². The molecule has 23 heavy (non-hydrogen) atoms. The van der Waals surface area contributed by atoms with E-state index in [1.807, 2.05) is 12.1 Å². The lowest BCUT2D eigenvalue weighted by atomic mass is 9.66. The van der Waals surface area contributed by atoms with Gasteiger partial charge >= 0.3 is 0 Å². The third-order valence-electron chi connectivity index (χ3n) is 5.79. The number of hydrogen-bond acceptors (Lipinski definition) is 5. The summed E-state index contributed by atoms with van der Waals surface area (Å²) in [6.07, 6.45) is 5.86. The third kappa shape index (κ3) is 1.90. The van der Waals surface area contributed by atoms with E-state index in [0.717, 1.165) is 30.5 Å². The van der Waals surface area contributed by atoms with Crippen LogP contribution >= 0.6 is 0 Å². The predicted octanol–water partition coefficient (Wildman–Crippen LogP) is 2.00. The molecule has 0 amide bonds. The van der Waals surface area contributed by atoms with Gasteiger partial charge in [-0.15, -0.1) is 0 Å². The number of methoxy groups -OCH3 is 3. The summed E-state index contributed by atoms with van der Waals surface area (Å²) in [6, 6.07) is 4.23. The van der Waals surface area contributed by atoms with Crippen molar-refractivity contribution in [1.82, 2.24) is 4.90 Å². The molecule has 2 aliphatic heterocycles. The average Bonchev–Trinajstić information content (AvgIpc) is 2.94. The number of ether oxygens (including phenoxy) is 3. The molecule has 2 heterocycles. The van der Waals surface area contributed by atoms with Crippen LogP contribution in [0, 0.1) is 0 Å². The molecule has 5 heteroatoms. The third-order valence-corrected chi connectivity index (χ3v) is 5.79. The van der Waals surface area contributed by atoms with Gasteiger partial charge in [0.2, 0.25) is 0 Å². The van der Waals surface area contributed by atoms with Crippen LogP contribution in [0.1, 0.15) is 30.2 Å². The standard InChI is InChI=1S/C18H23NO4/c1-21-11-4-5-18-6-7-19(16(18)8-11)17(20)12-9-14(22-2)15(23-3)10-13(12)18/h4-5,9-11,16-17,20H,6-8H2,1-3H3/t11-,16?,17-,18+/m1/s1. The molecule has 2 bridgehead atoms. The van der Waals surface area contributed by atoms with Crippen molar-refractivity contribution in [1.29, 1.82) is 0 Å². The van der Waals surface area contributed by atoms with E-state index in [0.29, 0.717) is 11.5 Å². The second-order valence-electron chi connectivity index (χ2n) is 6.58. The summed E-state index contributed by atoms with van der Waals surface area (Å²) in [5, 5.41) is 10.9. The molecule has 1 saturated heterocycles. The van der Waals surface area contributed by atoms with E-state index in [-0.39, 0.29) is 17.6 Å². The van der Waals surface area contributed by atoms with Gasteiger partial charge in [-0.3, -0.25) is 4.90 Å². The van der Waals surface area contributed by atoms with Crippen LogP contribution in [-0.4, -0.2) is 50.0 Å². The zero-order valence-corrected chi connectivity index (χ0v) is 13.8. The Balaban J connectivity index is 1.91. The summed E-state index contributed by atoms with van der Waals surface area (Å²) >= 11 is 0. The Labute approximate surface area is 136 Å². The van der Waals surface area contributed by atoms with Crippen LogP contribution in [0.15, 0.2) is 24.3 Å². The Kier molecular flexibility index (Phi) is 3.41. The Morgan fingerprint density at radius 3 is 2.61 bits per heavy atom. The van der Waals surface area contributed by atoms with Gasteiger partial charge in [0.15, 0.2) is 11.5 Å². The van der Waals surface area contributed by atoms with Gasteiger partial charge in [0.25, 0.3) is 0 Å². The molecule has 1 aromatic rings. The fraction of sp³-hybridized carbons (Fsp3) is 0.556. The zero-order chi connectivity index (χ0) is 16.2. The van der Waals surface area contributed by atoms with Crippen LogP contribution in [0.3, 0.4) is 0 Å². The largest absolute Gasteiger partial charge is 0.493 e. The summed E-state index contributed by atoms with van der Waals surface area (Å²) in [7, 11) is 5.02. The SMILES string of the molecule is COc1cc2c(cc1OC)[C@@]13C=C[C@@H](OC)CC1N(CC3)[C@@H]2O. The minimum Gasteiger partial charge on any atom is -0.493 e. The van der Waals surface area contributed by atoms with Crippen molar-refractivity contribution in [3.05, 3.63) is 35.4 Å². The van der Waals surface area contributed by atoms with E-state index < -0.39 is 6.23 Å². The molecule has 1 N–H and O–H groups in total. The first-order valence-corrected chi connectivity index (χ1v) is 8.07. The number of benzene rings is 1. The maximum absolute atomic E-state index is 10.9. The van der Waals surface area contributed by atoms with Gasteiger partial charge in [-0.25, -0.2) is 0 Å². The summed E-state index contributed by atoms with van der Waals surface area (Å²) < 4.78 is 16.4. The lowest BCUT2D eigenvalue weighted by Gasteiger charge is -2.47. The van der Waals surface area contributed by atoms with Crippen molar-refractivity contribution >= 4 is 0 Å². The molecule has 5 atom stereocenters. The Hall–Kier alpha value is -1.56. The second-order valence-corrected chi connectivity index (χ2v) is 6.58. The van der Waals surface area contributed by atoms with Crippen LogP contribution in [-0.2, 0) is 10.2 Å². The van der Waals surface area contributed by atoms with Crippen molar-refractivity contribution in [2.24, 2.45) is 0 Å². The van der Waals surface area contributed by atoms with Gasteiger partial charge in [-0.1, -0.05) is 12.2 Å². The molecule has 2 unspecified atom stereocenters. The van der Waals surface area contributed by atoms with E-state index in [1.165, 1.54) is 0 Å². The monoisotopic (exact) mass is 317 g/mol. The summed E-state index contributed by atoms with van der Waals surface area (Å²) in [5.41, 5.74) is 2.02. The first-order valence-electron chi connectivity index (χ1n) is 8.07. The highest BCUT2D eigenvalue weighted by Gasteiger charge is 2.56. The van der Waals surface area contributed by atoms with Gasteiger partial charge in [0, 0.05) is 30.7 Å². The van der Waals surface area contributed by atoms with E-state index in [1.54, 1.807) is 21.3 Å². The van der Waals surface area contributed by atoms with Crippen LogP contribution in [0.5, 0.6) is 11.5 Å². The van der Waals surface area contributed by atoms with E-state index in [9.17, 15) is 5.11 Å². The van der Waals surface area contributed by atoms with Crippen LogP contribution in [0.25, 0.3) is 0 Å². The lowest BCUT2D eigenvalue weighted by Crippen LogP contribution is -2.51. The number of nitrogens with zero attached hydrogens (tertiary/aromatic N) is 1. The minimum absolute atomic E-state index is 0.0663. The van der Waals surface area contributed by atoms with Crippen LogP contribution in [0.2, 0.25) is 0 Å². The molecular weight excluding hydrogens is 294 g/mol. The molecule has 5 nitrogen and oxygen atoms in total. The fourth-order valence-electron chi connectivity index (χ4n) is 4.61. The fourth-order valence-corrected chi connectivity index (χ4v) is 4.61. The molecule has 1 fully saturated rings. The highest BCUT2D eigenvalue weighted by molar-refractivity contribution is 5.55. The minimum atomic E-state index is -0.602. The molecule has 3 aliphatic rings. The smallest absolute Gasteiger partial charge is 0.161 e. The number of hydrogen-bond donors (Lipinski definition) is 1. The van der Waals surface area contributed by atoms with Gasteiger partial charge < -0.3 is 19.3 Å². The molecule has 1 aromatic carbocycles. The summed E-state index contributed by atoms with van der Waals surface area (Å²) in [5.74, 6) is 1.38. The van der Waals surface area contributed by atoms with Crippen molar-refractivity contribution in [2.75, 3.05) is 27.9 Å². The first kappa shape index (κ1) is 15.0. The molecule has 4 rings (SSSR count). The summed E-state index contributed by atoms with van der Waals surface area (Å²) in [4.78, 5) is 2.20. The van der Waals surface area contributed by atoms with Crippen molar-refractivity contribution in [2.45, 2.75) is 36.6 Å². The van der Waals surface area contributed by atoms with Gasteiger partial charge in [0.1, 0.15) is 6.23 Å². The number of aliphatic hydroxyl groups excluding tert-OH is 1. The van der Waals surface area contributed by atoms with E-state index in [4.69, 9.17) is 14.2 Å². The maximum Gasteiger partial charge on any atom is 0.161 e. The predicted molar refractivity (Wildman–Crippen MR) is 85.8 cm³/mol. The second kappa shape index (κ2) is 5.23. The highest BCUT2D eigenvalue weighted by atomic mass is 16.5. The summed E-state index contributed by atoms with van der Waals surface area (Å²) in [6.45, 7) is 0.881. The molecule has 0 spiro atoms. The Bertz CT molecular complexity index is 659. The van der Waals surface area contributed by atoms with E-state index >= 15 is 0 Å². The van der Waals surface area contributed by atoms with Crippen molar-refractivity contribution < 1.29 is 19.3 Å².